The van der Waals surface area contributed by atoms with Crippen LogP contribution < -0.4 is 5.73 Å². The predicted octanol–water partition coefficient (Wildman–Crippen LogP) is 2.38. The zero-order valence-corrected chi connectivity index (χ0v) is 10.3. The summed E-state index contributed by atoms with van der Waals surface area (Å²) in [5.41, 5.74) is 6.87. The summed E-state index contributed by atoms with van der Waals surface area (Å²) in [5.74, 6) is 0.811. The Kier molecular flexibility index (Phi) is 3.36. The Labute approximate surface area is 94.2 Å². The van der Waals surface area contributed by atoms with Gasteiger partial charge in [0.25, 0.3) is 0 Å². The summed E-state index contributed by atoms with van der Waals surface area (Å²) in [4.78, 5) is 2.43. The molecule has 0 aromatic rings. The number of nitrogens with two attached hydrogens (primary N) is 1. The molecule has 2 aliphatic carbocycles. The van der Waals surface area contributed by atoms with Crippen molar-refractivity contribution in [1.29, 1.82) is 0 Å². The zero-order chi connectivity index (χ0) is 10.9. The van der Waals surface area contributed by atoms with Crippen molar-refractivity contribution in [2.24, 2.45) is 11.7 Å². The van der Waals surface area contributed by atoms with Crippen LogP contribution in [0.5, 0.6) is 0 Å². The minimum absolute atomic E-state index is 0.323. The highest BCUT2D eigenvalue weighted by molar-refractivity contribution is 5.03. The van der Waals surface area contributed by atoms with Gasteiger partial charge in [0.2, 0.25) is 0 Å². The maximum Gasteiger partial charge on any atom is 0.0357 e. The topological polar surface area (TPSA) is 29.3 Å². The summed E-state index contributed by atoms with van der Waals surface area (Å²) >= 11 is 0. The van der Waals surface area contributed by atoms with Gasteiger partial charge in [0, 0.05) is 11.6 Å². The van der Waals surface area contributed by atoms with Crippen LogP contribution in [0.2, 0.25) is 0 Å². The van der Waals surface area contributed by atoms with Gasteiger partial charge in [0.1, 0.15) is 0 Å². The third-order valence-corrected chi connectivity index (χ3v) is 4.89. The molecule has 2 fully saturated rings. The Morgan fingerprint density at radius 2 is 1.67 bits per heavy atom. The molecule has 2 rings (SSSR count). The van der Waals surface area contributed by atoms with Crippen molar-refractivity contribution >= 4 is 0 Å². The van der Waals surface area contributed by atoms with Crippen molar-refractivity contribution in [3.8, 4) is 0 Å². The molecule has 0 radical (unpaired) electrons. The molecule has 0 spiro atoms. The summed E-state index contributed by atoms with van der Waals surface area (Å²) in [6, 6.07) is 0.418. The molecule has 2 aliphatic rings. The summed E-state index contributed by atoms with van der Waals surface area (Å²) < 4.78 is 0. The van der Waals surface area contributed by atoms with Crippen LogP contribution >= 0.6 is 0 Å². The molecule has 2 heteroatoms. The first kappa shape index (κ1) is 11.4. The Bertz CT molecular complexity index is 203. The molecule has 0 aromatic carbocycles. The molecule has 1 atom stereocenters. The molecule has 1 unspecified atom stereocenters. The van der Waals surface area contributed by atoms with E-state index in [1.165, 1.54) is 51.4 Å². The molecular formula is C13H26N2. The van der Waals surface area contributed by atoms with Crippen LogP contribution in [0, 0.1) is 5.92 Å². The van der Waals surface area contributed by atoms with Crippen LogP contribution in [0.4, 0.5) is 0 Å². The predicted molar refractivity (Wildman–Crippen MR) is 64.8 cm³/mol. The lowest BCUT2D eigenvalue weighted by atomic mass is 9.66. The first-order valence-electron chi connectivity index (χ1n) is 6.60. The minimum atomic E-state index is 0.323. The molecule has 15 heavy (non-hydrogen) atoms. The number of hydrogen-bond donors (Lipinski definition) is 1. The van der Waals surface area contributed by atoms with Gasteiger partial charge in [0.15, 0.2) is 0 Å². The highest BCUT2D eigenvalue weighted by atomic mass is 15.2. The fourth-order valence-corrected chi connectivity index (χ4v) is 3.48. The minimum Gasteiger partial charge on any atom is -0.326 e. The summed E-state index contributed by atoms with van der Waals surface area (Å²) in [6.07, 6.45) is 10.9. The van der Waals surface area contributed by atoms with Crippen LogP contribution in [-0.4, -0.2) is 30.6 Å². The number of likely N-dealkylation sites (N-methyl/N-ethyl adjacent to an activating group) is 1. The van der Waals surface area contributed by atoms with Crippen LogP contribution in [0.3, 0.4) is 0 Å². The van der Waals surface area contributed by atoms with Gasteiger partial charge in [-0.25, -0.2) is 0 Å². The Hall–Kier alpha value is -0.0800. The maximum atomic E-state index is 6.55. The first-order valence-corrected chi connectivity index (χ1v) is 6.60. The lowest BCUT2D eigenvalue weighted by molar-refractivity contribution is 0.0310. The highest BCUT2D eigenvalue weighted by Crippen LogP contribution is 2.41. The molecule has 88 valence electrons. The van der Waals surface area contributed by atoms with E-state index in [4.69, 9.17) is 5.73 Å². The molecule has 2 nitrogen and oxygen atoms in total. The molecule has 0 amide bonds. The lowest BCUT2D eigenvalue weighted by Gasteiger charge is -2.51. The molecular weight excluding hydrogens is 184 g/mol. The standard InChI is InChI=1S/C13H26N2/c1-15(2)13(9-4-3-5-10-13)12(14)11-7-6-8-11/h11-12H,3-10,14H2,1-2H3. The van der Waals surface area contributed by atoms with Gasteiger partial charge in [-0.15, -0.1) is 0 Å². The molecule has 0 heterocycles. The van der Waals surface area contributed by atoms with Gasteiger partial charge < -0.3 is 10.6 Å². The van der Waals surface area contributed by atoms with Gasteiger partial charge in [-0.05, 0) is 45.7 Å². The van der Waals surface area contributed by atoms with E-state index >= 15 is 0 Å². The smallest absolute Gasteiger partial charge is 0.0357 e. The third kappa shape index (κ3) is 1.94. The van der Waals surface area contributed by atoms with Gasteiger partial charge in [-0.1, -0.05) is 25.7 Å². The van der Waals surface area contributed by atoms with E-state index in [1.54, 1.807) is 0 Å². The van der Waals surface area contributed by atoms with Crippen molar-refractivity contribution in [2.75, 3.05) is 14.1 Å². The van der Waals surface area contributed by atoms with Crippen LogP contribution in [0.25, 0.3) is 0 Å². The van der Waals surface area contributed by atoms with E-state index in [2.05, 4.69) is 19.0 Å². The van der Waals surface area contributed by atoms with Crippen LogP contribution in [-0.2, 0) is 0 Å². The largest absolute Gasteiger partial charge is 0.326 e. The SMILES string of the molecule is CN(C)C1(C(N)C2CCC2)CCCCC1. The van der Waals surface area contributed by atoms with Gasteiger partial charge in [0.05, 0.1) is 0 Å². The summed E-state index contributed by atoms with van der Waals surface area (Å²) in [6.45, 7) is 0. The summed E-state index contributed by atoms with van der Waals surface area (Å²) in [5, 5.41) is 0. The van der Waals surface area contributed by atoms with E-state index in [0.717, 1.165) is 5.92 Å². The number of hydrogen-bond acceptors (Lipinski definition) is 2. The Morgan fingerprint density at radius 3 is 2.07 bits per heavy atom. The van der Waals surface area contributed by atoms with E-state index in [1.807, 2.05) is 0 Å². The quantitative estimate of drug-likeness (QED) is 0.775. The Morgan fingerprint density at radius 1 is 1.07 bits per heavy atom. The maximum absolute atomic E-state index is 6.55. The highest BCUT2D eigenvalue weighted by Gasteiger charge is 2.44. The monoisotopic (exact) mass is 210 g/mol. The second kappa shape index (κ2) is 4.42. The molecule has 0 saturated heterocycles. The molecule has 0 aliphatic heterocycles. The zero-order valence-electron chi connectivity index (χ0n) is 10.3. The van der Waals surface area contributed by atoms with Crippen LogP contribution in [0.15, 0.2) is 0 Å². The van der Waals surface area contributed by atoms with Gasteiger partial charge in [-0.3, -0.25) is 0 Å². The second-order valence-corrected chi connectivity index (χ2v) is 5.78. The molecule has 0 bridgehead atoms. The average molecular weight is 210 g/mol. The third-order valence-electron chi connectivity index (χ3n) is 4.89. The lowest BCUT2D eigenvalue weighted by Crippen LogP contribution is -2.62. The molecule has 0 aromatic heterocycles. The first-order chi connectivity index (χ1) is 7.17. The van der Waals surface area contributed by atoms with Crippen molar-refractivity contribution in [3.63, 3.8) is 0 Å². The van der Waals surface area contributed by atoms with Gasteiger partial charge in [-0.2, -0.15) is 0 Å². The number of rotatable bonds is 3. The second-order valence-electron chi connectivity index (χ2n) is 5.78. The van der Waals surface area contributed by atoms with Crippen molar-refractivity contribution in [1.82, 2.24) is 4.90 Å². The van der Waals surface area contributed by atoms with Gasteiger partial charge >= 0.3 is 0 Å². The normalized spacial score (nSPS) is 28.8. The van der Waals surface area contributed by atoms with E-state index in [0.29, 0.717) is 11.6 Å². The van der Waals surface area contributed by atoms with Crippen molar-refractivity contribution < 1.29 is 0 Å². The van der Waals surface area contributed by atoms with Crippen LogP contribution in [0.1, 0.15) is 51.4 Å². The molecule has 2 N–H and O–H groups in total. The van der Waals surface area contributed by atoms with E-state index < -0.39 is 0 Å². The van der Waals surface area contributed by atoms with Crippen molar-refractivity contribution in [3.05, 3.63) is 0 Å². The number of nitrogens with zero attached hydrogens (tertiary/aromatic N) is 1. The van der Waals surface area contributed by atoms with E-state index in [9.17, 15) is 0 Å². The molecule has 2 saturated carbocycles. The fourth-order valence-electron chi connectivity index (χ4n) is 3.48. The van der Waals surface area contributed by atoms with E-state index in [-0.39, 0.29) is 0 Å². The Balaban J connectivity index is 2.09. The summed E-state index contributed by atoms with van der Waals surface area (Å²) in [7, 11) is 4.45. The van der Waals surface area contributed by atoms with Crippen molar-refractivity contribution in [2.45, 2.75) is 62.9 Å². The fraction of sp³-hybridized carbons (Fsp3) is 1.00. The average Bonchev–Trinajstić information content (AvgIpc) is 2.16.